The van der Waals surface area contributed by atoms with Gasteiger partial charge in [-0.25, -0.2) is 10.2 Å². The first-order valence-electron chi connectivity index (χ1n) is 8.59. The summed E-state index contributed by atoms with van der Waals surface area (Å²) < 4.78 is 12.7. The number of nitrogens with one attached hydrogen (secondary N) is 1. The van der Waals surface area contributed by atoms with E-state index in [1.807, 2.05) is 42.6 Å². The van der Waals surface area contributed by atoms with Gasteiger partial charge in [0.15, 0.2) is 0 Å². The Kier molecular flexibility index (Phi) is 6.33. The fourth-order valence-corrected chi connectivity index (χ4v) is 2.80. The zero-order valence-corrected chi connectivity index (χ0v) is 15.6. The monoisotopic (exact) mass is 385 g/mol. The molecule has 1 N–H and O–H groups in total. The smallest absolute Gasteiger partial charge is 0.427 e. The normalized spacial score (nSPS) is 11.0. The molecule has 3 aromatic rings. The second-order valence-corrected chi connectivity index (χ2v) is 6.12. The maximum Gasteiger partial charge on any atom is 0.427 e. The van der Waals surface area contributed by atoms with Gasteiger partial charge in [0.25, 0.3) is 0 Å². The molecule has 0 aliphatic heterocycles. The van der Waals surface area contributed by atoms with Crippen molar-refractivity contribution in [3.05, 3.63) is 65.3 Å². The third kappa shape index (κ3) is 5.01. The van der Waals surface area contributed by atoms with Crippen molar-refractivity contribution in [2.45, 2.75) is 13.5 Å². The van der Waals surface area contributed by atoms with Crippen molar-refractivity contribution < 1.29 is 14.3 Å². The highest BCUT2D eigenvalue weighted by atomic mass is 35.5. The van der Waals surface area contributed by atoms with Crippen molar-refractivity contribution in [1.29, 1.82) is 0 Å². The van der Waals surface area contributed by atoms with Crippen molar-refractivity contribution in [3.8, 4) is 5.75 Å². The quantitative estimate of drug-likeness (QED) is 0.482. The Morgan fingerprint density at radius 1 is 1.22 bits per heavy atom. The number of amides is 1. The van der Waals surface area contributed by atoms with Crippen LogP contribution in [0.1, 0.15) is 12.5 Å². The Balaban J connectivity index is 1.69. The first-order chi connectivity index (χ1) is 13.2. The molecule has 0 aliphatic rings. The zero-order valence-electron chi connectivity index (χ0n) is 14.9. The maximum absolute atomic E-state index is 11.3. The first kappa shape index (κ1) is 18.8. The highest BCUT2D eigenvalue weighted by Gasteiger charge is 2.07. The van der Waals surface area contributed by atoms with Gasteiger partial charge in [-0.2, -0.15) is 5.10 Å². The van der Waals surface area contributed by atoms with Crippen LogP contribution in [-0.2, 0) is 11.3 Å². The molecule has 0 bridgehead atoms. The standard InChI is InChI=1S/C20H20ClN3O3/c1-2-26-20(25)23-22-13-15-14-24(19-6-4-3-5-18(15)19)11-12-27-17-9-7-16(21)8-10-17/h3-10,13-14H,2,11-12H2,1H3,(H,23,25)/b22-13+. The van der Waals surface area contributed by atoms with E-state index in [1.165, 1.54) is 0 Å². The summed E-state index contributed by atoms with van der Waals surface area (Å²) in [5.74, 6) is 0.774. The van der Waals surface area contributed by atoms with E-state index in [2.05, 4.69) is 15.1 Å². The number of carbonyl (C=O) groups excluding carboxylic acids is 1. The second-order valence-electron chi connectivity index (χ2n) is 5.69. The molecular formula is C20H20ClN3O3. The molecule has 0 spiro atoms. The van der Waals surface area contributed by atoms with E-state index in [4.69, 9.17) is 21.1 Å². The van der Waals surface area contributed by atoms with Gasteiger partial charge in [-0.3, -0.25) is 0 Å². The van der Waals surface area contributed by atoms with Gasteiger partial charge in [-0.15, -0.1) is 0 Å². The van der Waals surface area contributed by atoms with E-state index in [-0.39, 0.29) is 0 Å². The fourth-order valence-electron chi connectivity index (χ4n) is 2.67. The highest BCUT2D eigenvalue weighted by molar-refractivity contribution is 6.30. The molecule has 0 fully saturated rings. The molecule has 1 heterocycles. The Morgan fingerprint density at radius 2 is 2.00 bits per heavy atom. The number of fused-ring (bicyclic) bond motifs is 1. The molecule has 27 heavy (non-hydrogen) atoms. The van der Waals surface area contributed by atoms with Gasteiger partial charge in [0.2, 0.25) is 0 Å². The summed E-state index contributed by atoms with van der Waals surface area (Å²) in [5, 5.41) is 5.67. The van der Waals surface area contributed by atoms with Crippen molar-refractivity contribution >= 4 is 34.8 Å². The van der Waals surface area contributed by atoms with Gasteiger partial charge in [-0.1, -0.05) is 29.8 Å². The molecule has 1 amide bonds. The third-order valence-electron chi connectivity index (χ3n) is 3.87. The molecule has 140 valence electrons. The summed E-state index contributed by atoms with van der Waals surface area (Å²) in [4.78, 5) is 11.3. The SMILES string of the molecule is CCOC(=O)N/N=C/c1cn(CCOc2ccc(Cl)cc2)c2ccccc12. The van der Waals surface area contributed by atoms with E-state index in [0.29, 0.717) is 24.8 Å². The van der Waals surface area contributed by atoms with Crippen LogP contribution in [-0.4, -0.2) is 30.1 Å². The van der Waals surface area contributed by atoms with Gasteiger partial charge >= 0.3 is 6.09 Å². The predicted octanol–water partition coefficient (Wildman–Crippen LogP) is 4.45. The second kappa shape index (κ2) is 9.09. The number of carbonyl (C=O) groups is 1. The molecule has 0 atom stereocenters. The lowest BCUT2D eigenvalue weighted by molar-refractivity contribution is 0.152. The number of nitrogens with zero attached hydrogens (tertiary/aromatic N) is 2. The lowest BCUT2D eigenvalue weighted by Gasteiger charge is -2.08. The van der Waals surface area contributed by atoms with Crippen LogP contribution < -0.4 is 10.2 Å². The summed E-state index contributed by atoms with van der Waals surface area (Å²) in [6, 6.07) is 15.3. The summed E-state index contributed by atoms with van der Waals surface area (Å²) in [6.45, 7) is 3.22. The number of hydrogen-bond donors (Lipinski definition) is 1. The molecule has 7 heteroatoms. The van der Waals surface area contributed by atoms with E-state index >= 15 is 0 Å². The minimum atomic E-state index is -0.575. The number of aromatic nitrogens is 1. The van der Waals surface area contributed by atoms with Gasteiger partial charge in [0.05, 0.1) is 19.4 Å². The number of hydrazone groups is 1. The molecule has 0 saturated carbocycles. The Hall–Kier alpha value is -2.99. The largest absolute Gasteiger partial charge is 0.492 e. The van der Waals surface area contributed by atoms with Gasteiger partial charge in [0, 0.05) is 27.7 Å². The van der Waals surface area contributed by atoms with E-state index in [1.54, 1.807) is 25.3 Å². The molecule has 2 aromatic carbocycles. The zero-order chi connectivity index (χ0) is 19.1. The Bertz CT molecular complexity index is 935. The molecule has 0 unspecified atom stereocenters. The molecule has 0 aliphatic carbocycles. The molecular weight excluding hydrogens is 366 g/mol. The van der Waals surface area contributed by atoms with Crippen molar-refractivity contribution in [2.24, 2.45) is 5.10 Å². The van der Waals surface area contributed by atoms with E-state index in [9.17, 15) is 4.79 Å². The Labute approximate surface area is 162 Å². The van der Waals surface area contributed by atoms with Crippen molar-refractivity contribution in [3.63, 3.8) is 0 Å². The maximum atomic E-state index is 11.3. The predicted molar refractivity (Wildman–Crippen MR) is 107 cm³/mol. The van der Waals surface area contributed by atoms with E-state index in [0.717, 1.165) is 22.2 Å². The third-order valence-corrected chi connectivity index (χ3v) is 4.12. The lowest BCUT2D eigenvalue weighted by Crippen LogP contribution is -2.18. The highest BCUT2D eigenvalue weighted by Crippen LogP contribution is 2.20. The van der Waals surface area contributed by atoms with Crippen molar-refractivity contribution in [2.75, 3.05) is 13.2 Å². The summed E-state index contributed by atoms with van der Waals surface area (Å²) >= 11 is 5.88. The average Bonchev–Trinajstić information content (AvgIpc) is 3.02. The summed E-state index contributed by atoms with van der Waals surface area (Å²) in [7, 11) is 0. The first-order valence-corrected chi connectivity index (χ1v) is 8.97. The number of ether oxygens (including phenoxy) is 2. The van der Waals surface area contributed by atoms with E-state index < -0.39 is 6.09 Å². The van der Waals surface area contributed by atoms with Gasteiger partial charge in [-0.05, 0) is 37.3 Å². The van der Waals surface area contributed by atoms with Crippen LogP contribution in [0.5, 0.6) is 5.75 Å². The minimum absolute atomic E-state index is 0.300. The van der Waals surface area contributed by atoms with Crippen LogP contribution in [0.25, 0.3) is 10.9 Å². The van der Waals surface area contributed by atoms with Gasteiger partial charge < -0.3 is 14.0 Å². The number of para-hydroxylation sites is 1. The number of halogens is 1. The number of benzene rings is 2. The average molecular weight is 386 g/mol. The molecule has 6 nitrogen and oxygen atoms in total. The molecule has 0 radical (unpaired) electrons. The van der Waals surface area contributed by atoms with Crippen LogP contribution in [0.3, 0.4) is 0 Å². The number of hydrogen-bond acceptors (Lipinski definition) is 4. The van der Waals surface area contributed by atoms with Gasteiger partial charge in [0.1, 0.15) is 12.4 Å². The molecule has 1 aromatic heterocycles. The number of rotatable bonds is 7. The molecule has 0 saturated heterocycles. The minimum Gasteiger partial charge on any atom is -0.492 e. The molecule has 3 rings (SSSR count). The summed E-state index contributed by atoms with van der Waals surface area (Å²) in [6.07, 6.45) is 3.01. The van der Waals surface area contributed by atoms with Crippen LogP contribution >= 0.6 is 11.6 Å². The Morgan fingerprint density at radius 3 is 2.78 bits per heavy atom. The fraction of sp³-hybridized carbons (Fsp3) is 0.200. The van der Waals surface area contributed by atoms with Crippen LogP contribution in [0.4, 0.5) is 4.79 Å². The van der Waals surface area contributed by atoms with Crippen LogP contribution in [0.2, 0.25) is 5.02 Å². The van der Waals surface area contributed by atoms with Crippen molar-refractivity contribution in [1.82, 2.24) is 9.99 Å². The van der Waals surface area contributed by atoms with Crippen LogP contribution in [0, 0.1) is 0 Å². The topological polar surface area (TPSA) is 64.8 Å². The van der Waals surface area contributed by atoms with Crippen LogP contribution in [0.15, 0.2) is 59.8 Å². The summed E-state index contributed by atoms with van der Waals surface area (Å²) in [5.41, 5.74) is 4.30. The lowest BCUT2D eigenvalue weighted by atomic mass is 10.2.